The Kier molecular flexibility index (Phi) is 5.15. The highest BCUT2D eigenvalue weighted by atomic mass is 32.1. The highest BCUT2D eigenvalue weighted by molar-refractivity contribution is 7.11. The van der Waals surface area contributed by atoms with E-state index in [1.165, 1.54) is 10.9 Å². The molecule has 0 radical (unpaired) electrons. The second-order valence-corrected chi connectivity index (χ2v) is 6.36. The molecule has 1 N–H and O–H groups in total. The van der Waals surface area contributed by atoms with Crippen LogP contribution in [0.5, 0.6) is 5.75 Å². The lowest BCUT2D eigenvalue weighted by atomic mass is 10.2. The Morgan fingerprint density at radius 1 is 1.20 bits per heavy atom. The summed E-state index contributed by atoms with van der Waals surface area (Å²) >= 11 is 1.72. The van der Waals surface area contributed by atoms with E-state index >= 15 is 0 Å². The Hall–Kier alpha value is -1.39. The first-order chi connectivity index (χ1) is 9.54. The van der Waals surface area contributed by atoms with Gasteiger partial charge in [-0.05, 0) is 30.7 Å². The maximum absolute atomic E-state index is 13.4. The van der Waals surface area contributed by atoms with E-state index in [0.717, 1.165) is 11.4 Å². The first kappa shape index (κ1) is 15.0. The van der Waals surface area contributed by atoms with Gasteiger partial charge in [0.15, 0.2) is 0 Å². The van der Waals surface area contributed by atoms with Crippen LogP contribution in [0, 0.1) is 12.7 Å². The lowest BCUT2D eigenvalue weighted by Gasteiger charge is -2.06. The Balaban J connectivity index is 1.89. The third-order valence-corrected chi connectivity index (χ3v) is 3.98. The minimum Gasteiger partial charge on any atom is -0.488 e. The smallest absolute Gasteiger partial charge is 0.129 e. The van der Waals surface area contributed by atoms with E-state index in [1.807, 2.05) is 0 Å². The molecular formula is C16H20FNOS. The summed E-state index contributed by atoms with van der Waals surface area (Å²) in [6.07, 6.45) is 0. The molecule has 0 spiro atoms. The van der Waals surface area contributed by atoms with Crippen molar-refractivity contribution in [2.24, 2.45) is 0 Å². The van der Waals surface area contributed by atoms with Crippen molar-refractivity contribution in [3.8, 4) is 5.75 Å². The van der Waals surface area contributed by atoms with Crippen LogP contribution in [0.25, 0.3) is 0 Å². The largest absolute Gasteiger partial charge is 0.488 e. The summed E-state index contributed by atoms with van der Waals surface area (Å²) in [7, 11) is 0. The van der Waals surface area contributed by atoms with Crippen molar-refractivity contribution < 1.29 is 9.13 Å². The number of rotatable bonds is 6. The molecule has 0 saturated heterocycles. The van der Waals surface area contributed by atoms with Crippen LogP contribution in [0.15, 0.2) is 30.3 Å². The van der Waals surface area contributed by atoms with Crippen molar-refractivity contribution in [1.29, 1.82) is 0 Å². The van der Waals surface area contributed by atoms with Gasteiger partial charge in [0.1, 0.15) is 18.2 Å². The maximum Gasteiger partial charge on any atom is 0.129 e. The third kappa shape index (κ3) is 4.32. The van der Waals surface area contributed by atoms with Crippen molar-refractivity contribution in [3.63, 3.8) is 0 Å². The summed E-state index contributed by atoms with van der Waals surface area (Å²) in [6.45, 7) is 7.36. The van der Waals surface area contributed by atoms with Crippen LogP contribution in [-0.4, -0.2) is 6.04 Å². The van der Waals surface area contributed by atoms with Crippen LogP contribution in [0.2, 0.25) is 0 Å². The monoisotopic (exact) mass is 293 g/mol. The van der Waals surface area contributed by atoms with Crippen LogP contribution in [-0.2, 0) is 13.2 Å². The number of nitrogens with one attached hydrogen (secondary N) is 1. The van der Waals surface area contributed by atoms with Crippen LogP contribution in [0.4, 0.5) is 4.39 Å². The lowest BCUT2D eigenvalue weighted by Crippen LogP contribution is -2.21. The highest BCUT2D eigenvalue weighted by Gasteiger charge is 2.04. The molecule has 0 aliphatic heterocycles. The number of ether oxygens (including phenoxy) is 1. The molecule has 0 amide bonds. The van der Waals surface area contributed by atoms with E-state index in [9.17, 15) is 4.39 Å². The molecule has 1 aromatic carbocycles. The zero-order chi connectivity index (χ0) is 14.5. The van der Waals surface area contributed by atoms with E-state index in [1.54, 1.807) is 30.4 Å². The summed E-state index contributed by atoms with van der Waals surface area (Å²) in [6, 6.07) is 9.61. The SMILES string of the molecule is Cc1ccc(OCc2ccc(CNC(C)C)s2)cc1F. The quantitative estimate of drug-likeness (QED) is 0.858. The zero-order valence-corrected chi connectivity index (χ0v) is 12.9. The van der Waals surface area contributed by atoms with E-state index in [-0.39, 0.29) is 5.82 Å². The zero-order valence-electron chi connectivity index (χ0n) is 12.1. The van der Waals surface area contributed by atoms with E-state index in [2.05, 4.69) is 31.3 Å². The fourth-order valence-electron chi connectivity index (χ4n) is 1.72. The van der Waals surface area contributed by atoms with Gasteiger partial charge in [0, 0.05) is 28.4 Å². The van der Waals surface area contributed by atoms with Crippen molar-refractivity contribution in [2.45, 2.75) is 40.0 Å². The molecule has 0 saturated carbocycles. The predicted molar refractivity (Wildman–Crippen MR) is 81.8 cm³/mol. The minimum absolute atomic E-state index is 0.226. The van der Waals surface area contributed by atoms with E-state index in [0.29, 0.717) is 24.0 Å². The van der Waals surface area contributed by atoms with Gasteiger partial charge in [-0.1, -0.05) is 19.9 Å². The molecule has 20 heavy (non-hydrogen) atoms. The van der Waals surface area contributed by atoms with Gasteiger partial charge in [0.05, 0.1) is 0 Å². The maximum atomic E-state index is 13.4. The second kappa shape index (κ2) is 6.86. The first-order valence-corrected chi connectivity index (χ1v) is 7.56. The molecule has 0 aliphatic rings. The van der Waals surface area contributed by atoms with Gasteiger partial charge in [-0.3, -0.25) is 0 Å². The van der Waals surface area contributed by atoms with Gasteiger partial charge >= 0.3 is 0 Å². The van der Waals surface area contributed by atoms with Crippen molar-refractivity contribution in [2.75, 3.05) is 0 Å². The fourth-order valence-corrected chi connectivity index (χ4v) is 2.60. The Bertz CT molecular complexity index is 565. The highest BCUT2D eigenvalue weighted by Crippen LogP contribution is 2.21. The number of hydrogen-bond acceptors (Lipinski definition) is 3. The molecule has 1 aromatic heterocycles. The number of aryl methyl sites for hydroxylation is 1. The molecule has 108 valence electrons. The lowest BCUT2D eigenvalue weighted by molar-refractivity contribution is 0.308. The predicted octanol–water partition coefficient (Wildman–Crippen LogP) is 4.27. The molecule has 2 rings (SSSR count). The molecule has 0 atom stereocenters. The topological polar surface area (TPSA) is 21.3 Å². The summed E-state index contributed by atoms with van der Waals surface area (Å²) < 4.78 is 19.0. The minimum atomic E-state index is -0.226. The van der Waals surface area contributed by atoms with Crippen molar-refractivity contribution in [3.05, 3.63) is 51.5 Å². The van der Waals surface area contributed by atoms with E-state index < -0.39 is 0 Å². The standard InChI is InChI=1S/C16H20FNOS/c1-11(2)18-9-14-6-7-15(20-14)10-19-13-5-4-12(3)16(17)8-13/h4-8,11,18H,9-10H2,1-3H3. The molecule has 0 aliphatic carbocycles. The summed E-state index contributed by atoms with van der Waals surface area (Å²) in [5.41, 5.74) is 0.635. The summed E-state index contributed by atoms with van der Waals surface area (Å²) in [5.74, 6) is 0.346. The number of benzene rings is 1. The molecule has 1 heterocycles. The van der Waals surface area contributed by atoms with Crippen LogP contribution < -0.4 is 10.1 Å². The van der Waals surface area contributed by atoms with Crippen LogP contribution >= 0.6 is 11.3 Å². The normalized spacial score (nSPS) is 11.1. The molecule has 4 heteroatoms. The molecule has 2 aromatic rings. The van der Waals surface area contributed by atoms with Gasteiger partial charge in [-0.2, -0.15) is 0 Å². The van der Waals surface area contributed by atoms with Gasteiger partial charge in [-0.25, -0.2) is 4.39 Å². The van der Waals surface area contributed by atoms with Crippen molar-refractivity contribution in [1.82, 2.24) is 5.32 Å². The summed E-state index contributed by atoms with van der Waals surface area (Å²) in [5, 5.41) is 3.38. The van der Waals surface area contributed by atoms with E-state index in [4.69, 9.17) is 4.74 Å². The molecular weight excluding hydrogens is 273 g/mol. The molecule has 0 unspecified atom stereocenters. The Labute approximate surface area is 123 Å². The Morgan fingerprint density at radius 2 is 1.95 bits per heavy atom. The van der Waals surface area contributed by atoms with Gasteiger partial charge in [-0.15, -0.1) is 11.3 Å². The van der Waals surface area contributed by atoms with Crippen molar-refractivity contribution >= 4 is 11.3 Å². The van der Waals surface area contributed by atoms with Gasteiger partial charge < -0.3 is 10.1 Å². The first-order valence-electron chi connectivity index (χ1n) is 6.74. The average molecular weight is 293 g/mol. The molecule has 2 nitrogen and oxygen atoms in total. The number of hydrogen-bond donors (Lipinski definition) is 1. The Morgan fingerprint density at radius 3 is 2.65 bits per heavy atom. The van der Waals surface area contributed by atoms with Crippen LogP contribution in [0.3, 0.4) is 0 Å². The molecule has 0 bridgehead atoms. The second-order valence-electron chi connectivity index (χ2n) is 5.10. The summed E-state index contributed by atoms with van der Waals surface area (Å²) in [4.78, 5) is 2.43. The van der Waals surface area contributed by atoms with Gasteiger partial charge in [0.25, 0.3) is 0 Å². The van der Waals surface area contributed by atoms with Crippen LogP contribution in [0.1, 0.15) is 29.2 Å². The molecule has 0 fully saturated rings. The third-order valence-electron chi connectivity index (χ3n) is 2.93. The van der Waals surface area contributed by atoms with Gasteiger partial charge in [0.2, 0.25) is 0 Å². The fraction of sp³-hybridized carbons (Fsp3) is 0.375. The number of thiophene rings is 1. The average Bonchev–Trinajstić information content (AvgIpc) is 2.86. The number of halogens is 1.